The van der Waals surface area contributed by atoms with Crippen LogP contribution in [0, 0.1) is 6.92 Å². The molecule has 0 fully saturated rings. The van der Waals surface area contributed by atoms with Gasteiger partial charge in [0, 0.05) is 11.6 Å². The molecule has 3 heterocycles. The minimum Gasteiger partial charge on any atom is -0.296 e. The molecule has 0 atom stereocenters. The number of anilines is 1. The largest absolute Gasteiger partial charge is 0.434 e. The van der Waals surface area contributed by atoms with E-state index in [0.29, 0.717) is 11.3 Å². The van der Waals surface area contributed by atoms with Crippen LogP contribution in [0.5, 0.6) is 0 Å². The van der Waals surface area contributed by atoms with Crippen LogP contribution in [0.3, 0.4) is 0 Å². The zero-order chi connectivity index (χ0) is 22.9. The first-order chi connectivity index (χ1) is 15.3. The highest BCUT2D eigenvalue weighted by Gasteiger charge is 2.34. The predicted molar refractivity (Wildman–Crippen MR) is 120 cm³/mol. The summed E-state index contributed by atoms with van der Waals surface area (Å²) in [5.74, 6) is -0.591. The number of rotatable bonds is 5. The van der Waals surface area contributed by atoms with E-state index >= 15 is 0 Å². The summed E-state index contributed by atoms with van der Waals surface area (Å²) < 4.78 is 40.1. The Morgan fingerprint density at radius 2 is 1.97 bits per heavy atom. The molecule has 4 aromatic rings. The maximum Gasteiger partial charge on any atom is 0.434 e. The summed E-state index contributed by atoms with van der Waals surface area (Å²) in [7, 11) is 0. The number of aromatic nitrogens is 3. The van der Waals surface area contributed by atoms with Crippen LogP contribution in [-0.4, -0.2) is 20.3 Å². The standard InChI is InChI=1S/C23H19F3N4OS/c1-3-16-14(2)7-6-8-15(16)10-11-17-20(30-12-5-4-9-19(30)27-17)21(31)29-22-28-18(13-32-22)23(24,25)26/h4-13H,3H2,1-2H3,(H,28,29,31). The molecule has 0 radical (unpaired) electrons. The number of hydrogen-bond donors (Lipinski definition) is 1. The first-order valence-corrected chi connectivity index (χ1v) is 10.7. The van der Waals surface area contributed by atoms with Crippen molar-refractivity contribution in [3.63, 3.8) is 0 Å². The number of nitrogens with one attached hydrogen (secondary N) is 1. The maximum atomic E-state index is 13.0. The number of aryl methyl sites for hydroxylation is 1. The number of benzene rings is 1. The lowest BCUT2D eigenvalue weighted by atomic mass is 9.99. The second kappa shape index (κ2) is 8.58. The first-order valence-electron chi connectivity index (χ1n) is 9.85. The monoisotopic (exact) mass is 456 g/mol. The summed E-state index contributed by atoms with van der Waals surface area (Å²) in [6, 6.07) is 11.3. The SMILES string of the molecule is CCc1c(C)cccc1C=Cc1nc2ccccn2c1C(=O)Nc1nc(C(F)(F)F)cs1. The number of nitrogens with zero attached hydrogens (tertiary/aromatic N) is 3. The smallest absolute Gasteiger partial charge is 0.296 e. The van der Waals surface area contributed by atoms with E-state index in [0.717, 1.165) is 28.7 Å². The summed E-state index contributed by atoms with van der Waals surface area (Å²) in [5.41, 5.74) is 3.52. The van der Waals surface area contributed by atoms with Gasteiger partial charge in [0.2, 0.25) is 0 Å². The van der Waals surface area contributed by atoms with Crippen LogP contribution in [0.4, 0.5) is 18.3 Å². The van der Waals surface area contributed by atoms with Gasteiger partial charge in [-0.1, -0.05) is 37.3 Å². The van der Waals surface area contributed by atoms with Gasteiger partial charge >= 0.3 is 6.18 Å². The molecule has 5 nitrogen and oxygen atoms in total. The molecule has 1 N–H and O–H groups in total. The van der Waals surface area contributed by atoms with E-state index < -0.39 is 17.8 Å². The van der Waals surface area contributed by atoms with Gasteiger partial charge in [-0.2, -0.15) is 13.2 Å². The van der Waals surface area contributed by atoms with Crippen molar-refractivity contribution in [3.8, 4) is 0 Å². The highest BCUT2D eigenvalue weighted by atomic mass is 32.1. The van der Waals surface area contributed by atoms with Gasteiger partial charge in [-0.05, 0) is 48.2 Å². The third kappa shape index (κ3) is 4.29. The summed E-state index contributed by atoms with van der Waals surface area (Å²) in [6.07, 6.45) is 1.62. The molecule has 164 valence electrons. The van der Waals surface area contributed by atoms with E-state index in [-0.39, 0.29) is 10.8 Å². The van der Waals surface area contributed by atoms with Crippen LogP contribution in [0.15, 0.2) is 48.0 Å². The molecule has 0 saturated carbocycles. The molecule has 0 spiro atoms. The second-order valence-electron chi connectivity index (χ2n) is 7.09. The van der Waals surface area contributed by atoms with E-state index in [1.807, 2.05) is 31.2 Å². The molecule has 0 aliphatic rings. The van der Waals surface area contributed by atoms with Crippen molar-refractivity contribution in [1.29, 1.82) is 0 Å². The van der Waals surface area contributed by atoms with Gasteiger partial charge in [-0.25, -0.2) is 9.97 Å². The fraction of sp³-hybridized carbons (Fsp3) is 0.174. The highest BCUT2D eigenvalue weighted by Crippen LogP contribution is 2.32. The van der Waals surface area contributed by atoms with Crippen molar-refractivity contribution < 1.29 is 18.0 Å². The molecule has 0 bridgehead atoms. The summed E-state index contributed by atoms with van der Waals surface area (Å²) in [6.45, 7) is 4.12. The fourth-order valence-corrected chi connectivity index (χ4v) is 4.22. The Morgan fingerprint density at radius 3 is 2.69 bits per heavy atom. The quantitative estimate of drug-likeness (QED) is 0.395. The minimum atomic E-state index is -4.57. The van der Waals surface area contributed by atoms with Crippen molar-refractivity contribution in [2.24, 2.45) is 0 Å². The second-order valence-corrected chi connectivity index (χ2v) is 7.95. The van der Waals surface area contributed by atoms with Crippen LogP contribution in [0.2, 0.25) is 0 Å². The molecule has 4 rings (SSSR count). The van der Waals surface area contributed by atoms with Crippen LogP contribution in [-0.2, 0) is 12.6 Å². The maximum absolute atomic E-state index is 13.0. The number of imidazole rings is 1. The summed E-state index contributed by atoms with van der Waals surface area (Å²) in [4.78, 5) is 21.0. The lowest BCUT2D eigenvalue weighted by Crippen LogP contribution is -2.16. The molecule has 9 heteroatoms. The summed E-state index contributed by atoms with van der Waals surface area (Å²) >= 11 is 0.719. The number of halogens is 3. The number of amides is 1. The zero-order valence-corrected chi connectivity index (χ0v) is 18.1. The third-order valence-electron chi connectivity index (χ3n) is 5.01. The van der Waals surface area contributed by atoms with Gasteiger partial charge in [0.15, 0.2) is 10.8 Å². The van der Waals surface area contributed by atoms with Gasteiger partial charge in [0.1, 0.15) is 11.3 Å². The fourth-order valence-electron chi connectivity index (χ4n) is 3.51. The topological polar surface area (TPSA) is 59.3 Å². The first kappa shape index (κ1) is 21.8. The molecular formula is C23H19F3N4OS. The lowest BCUT2D eigenvalue weighted by molar-refractivity contribution is -0.140. The Bertz CT molecular complexity index is 1320. The lowest BCUT2D eigenvalue weighted by Gasteiger charge is -2.07. The van der Waals surface area contributed by atoms with Crippen LogP contribution in [0.25, 0.3) is 17.8 Å². The molecule has 1 amide bonds. The minimum absolute atomic E-state index is 0.130. The Balaban J connectivity index is 1.72. The van der Waals surface area contributed by atoms with Gasteiger partial charge in [-0.3, -0.25) is 14.5 Å². The molecule has 0 saturated heterocycles. The average molecular weight is 456 g/mol. The molecule has 0 aliphatic heterocycles. The number of hydrogen-bond acceptors (Lipinski definition) is 4. The molecule has 0 aliphatic carbocycles. The predicted octanol–water partition coefficient (Wildman–Crippen LogP) is 6.10. The van der Waals surface area contributed by atoms with Gasteiger partial charge < -0.3 is 0 Å². The number of pyridine rings is 1. The number of alkyl halides is 3. The highest BCUT2D eigenvalue weighted by molar-refractivity contribution is 7.14. The third-order valence-corrected chi connectivity index (χ3v) is 5.77. The van der Waals surface area contributed by atoms with E-state index in [2.05, 4.69) is 22.2 Å². The van der Waals surface area contributed by atoms with Crippen LogP contribution in [0.1, 0.15) is 45.5 Å². The number of carbonyl (C=O) groups excluding carboxylic acids is 1. The summed E-state index contributed by atoms with van der Waals surface area (Å²) in [5, 5.41) is 3.21. The van der Waals surface area contributed by atoms with E-state index in [1.54, 1.807) is 34.9 Å². The Labute approximate surface area is 186 Å². The zero-order valence-electron chi connectivity index (χ0n) is 17.3. The number of thiazole rings is 1. The van der Waals surface area contributed by atoms with Gasteiger partial charge in [-0.15, -0.1) is 11.3 Å². The van der Waals surface area contributed by atoms with E-state index in [4.69, 9.17) is 0 Å². The Morgan fingerprint density at radius 1 is 1.16 bits per heavy atom. The van der Waals surface area contributed by atoms with Crippen molar-refractivity contribution in [1.82, 2.24) is 14.4 Å². The molecule has 0 unspecified atom stereocenters. The van der Waals surface area contributed by atoms with E-state index in [1.165, 1.54) is 11.1 Å². The van der Waals surface area contributed by atoms with E-state index in [9.17, 15) is 18.0 Å². The van der Waals surface area contributed by atoms with Crippen molar-refractivity contribution in [2.75, 3.05) is 5.32 Å². The molecule has 32 heavy (non-hydrogen) atoms. The van der Waals surface area contributed by atoms with Crippen molar-refractivity contribution in [2.45, 2.75) is 26.4 Å². The molecule has 3 aromatic heterocycles. The van der Waals surface area contributed by atoms with Gasteiger partial charge in [0.25, 0.3) is 5.91 Å². The number of fused-ring (bicyclic) bond motifs is 1. The van der Waals surface area contributed by atoms with Crippen molar-refractivity contribution in [3.05, 3.63) is 81.7 Å². The Hall–Kier alpha value is -3.46. The van der Waals surface area contributed by atoms with Crippen LogP contribution < -0.4 is 5.32 Å². The van der Waals surface area contributed by atoms with Gasteiger partial charge in [0.05, 0.1) is 5.69 Å². The molecule has 1 aromatic carbocycles. The van der Waals surface area contributed by atoms with Crippen molar-refractivity contribution >= 4 is 40.2 Å². The average Bonchev–Trinajstić information content (AvgIpc) is 3.36. The normalized spacial score (nSPS) is 12.0. The van der Waals surface area contributed by atoms with Crippen LogP contribution >= 0.6 is 11.3 Å². The molecular weight excluding hydrogens is 437 g/mol. The number of carbonyl (C=O) groups is 1. The Kier molecular flexibility index (Phi) is 5.84.